The Kier molecular flexibility index (Phi) is 6.26. The minimum absolute atomic E-state index is 0.255. The smallest absolute Gasteiger partial charge is 0.224 e. The van der Waals surface area contributed by atoms with Crippen molar-refractivity contribution in [1.29, 1.82) is 0 Å². The molecule has 2 N–H and O–H groups in total. The molecule has 0 fully saturated rings. The van der Waals surface area contributed by atoms with Crippen molar-refractivity contribution in [2.24, 2.45) is 0 Å². The van der Waals surface area contributed by atoms with Crippen LogP contribution < -0.4 is 10.6 Å². The molecule has 26 heavy (non-hydrogen) atoms. The van der Waals surface area contributed by atoms with E-state index in [2.05, 4.69) is 20.6 Å². The summed E-state index contributed by atoms with van der Waals surface area (Å²) in [5, 5.41) is 7.52. The number of rotatable bonds is 7. The van der Waals surface area contributed by atoms with Crippen molar-refractivity contribution >= 4 is 35.0 Å². The van der Waals surface area contributed by atoms with Crippen LogP contribution in [0.5, 0.6) is 0 Å². The van der Waals surface area contributed by atoms with E-state index in [1.165, 1.54) is 6.07 Å². The van der Waals surface area contributed by atoms with Gasteiger partial charge in [-0.1, -0.05) is 47.5 Å². The molecule has 0 aliphatic carbocycles. The SMILES string of the molecule is Fc1ccccc1CNc1nccc(NCCc2ccc(Cl)cc2Cl)n1. The van der Waals surface area contributed by atoms with E-state index in [-0.39, 0.29) is 5.82 Å². The van der Waals surface area contributed by atoms with Gasteiger partial charge < -0.3 is 10.6 Å². The molecule has 7 heteroatoms. The molecular weight excluding hydrogens is 374 g/mol. The minimum Gasteiger partial charge on any atom is -0.370 e. The van der Waals surface area contributed by atoms with Gasteiger partial charge in [-0.25, -0.2) is 9.37 Å². The zero-order chi connectivity index (χ0) is 18.4. The van der Waals surface area contributed by atoms with Crippen LogP contribution in [0.2, 0.25) is 10.0 Å². The van der Waals surface area contributed by atoms with E-state index >= 15 is 0 Å². The monoisotopic (exact) mass is 390 g/mol. The topological polar surface area (TPSA) is 49.8 Å². The molecule has 0 radical (unpaired) electrons. The van der Waals surface area contributed by atoms with Crippen molar-refractivity contribution in [3.8, 4) is 0 Å². The molecule has 2 aromatic carbocycles. The van der Waals surface area contributed by atoms with Gasteiger partial charge in [-0.05, 0) is 36.2 Å². The number of nitrogens with one attached hydrogen (secondary N) is 2. The second kappa shape index (κ2) is 8.83. The summed E-state index contributed by atoms with van der Waals surface area (Å²) in [5.41, 5.74) is 1.57. The molecule has 0 aliphatic rings. The van der Waals surface area contributed by atoms with Gasteiger partial charge in [-0.15, -0.1) is 0 Å². The van der Waals surface area contributed by atoms with Crippen LogP contribution in [-0.2, 0) is 13.0 Å². The van der Waals surface area contributed by atoms with E-state index in [1.54, 1.807) is 36.5 Å². The summed E-state index contributed by atoms with van der Waals surface area (Å²) in [4.78, 5) is 8.53. The summed E-state index contributed by atoms with van der Waals surface area (Å²) >= 11 is 12.1. The van der Waals surface area contributed by atoms with E-state index in [1.807, 2.05) is 12.1 Å². The Morgan fingerprint density at radius 3 is 2.62 bits per heavy atom. The predicted octanol–water partition coefficient (Wildman–Crippen LogP) is 5.19. The molecular formula is C19H17Cl2FN4. The summed E-state index contributed by atoms with van der Waals surface area (Å²) in [5.74, 6) is 0.859. The third-order valence-corrected chi connectivity index (χ3v) is 4.35. The third kappa shape index (κ3) is 5.07. The van der Waals surface area contributed by atoms with Gasteiger partial charge >= 0.3 is 0 Å². The maximum atomic E-state index is 13.6. The number of benzene rings is 2. The fourth-order valence-electron chi connectivity index (χ4n) is 2.41. The first-order valence-electron chi connectivity index (χ1n) is 8.10. The van der Waals surface area contributed by atoms with Crippen molar-refractivity contribution in [1.82, 2.24) is 9.97 Å². The average molecular weight is 391 g/mol. The van der Waals surface area contributed by atoms with Gasteiger partial charge in [0.25, 0.3) is 0 Å². The number of hydrogen-bond donors (Lipinski definition) is 2. The van der Waals surface area contributed by atoms with Crippen LogP contribution in [0.3, 0.4) is 0 Å². The lowest BCUT2D eigenvalue weighted by Crippen LogP contribution is -2.09. The summed E-state index contributed by atoms with van der Waals surface area (Å²) in [6, 6.07) is 13.8. The quantitative estimate of drug-likeness (QED) is 0.582. The average Bonchev–Trinajstić information content (AvgIpc) is 2.63. The molecule has 0 bridgehead atoms. The van der Waals surface area contributed by atoms with E-state index in [0.717, 1.165) is 12.0 Å². The second-order valence-corrected chi connectivity index (χ2v) is 6.47. The number of hydrogen-bond acceptors (Lipinski definition) is 4. The Bertz CT molecular complexity index is 889. The Labute approximate surface area is 161 Å². The van der Waals surface area contributed by atoms with Gasteiger partial charge in [0, 0.05) is 34.9 Å². The zero-order valence-electron chi connectivity index (χ0n) is 13.8. The van der Waals surface area contributed by atoms with Crippen LogP contribution in [0.15, 0.2) is 54.7 Å². The number of nitrogens with zero attached hydrogens (tertiary/aromatic N) is 2. The molecule has 0 spiro atoms. The summed E-state index contributed by atoms with van der Waals surface area (Å²) < 4.78 is 13.6. The van der Waals surface area contributed by atoms with E-state index in [9.17, 15) is 4.39 Å². The zero-order valence-corrected chi connectivity index (χ0v) is 15.4. The first-order valence-corrected chi connectivity index (χ1v) is 8.85. The molecule has 3 aromatic rings. The predicted molar refractivity (Wildman–Crippen MR) is 104 cm³/mol. The normalized spacial score (nSPS) is 10.6. The first-order chi connectivity index (χ1) is 12.6. The van der Waals surface area contributed by atoms with Gasteiger partial charge in [-0.3, -0.25) is 0 Å². The lowest BCUT2D eigenvalue weighted by atomic mass is 10.1. The Morgan fingerprint density at radius 2 is 1.81 bits per heavy atom. The van der Waals surface area contributed by atoms with Gasteiger partial charge in [0.05, 0.1) is 0 Å². The Morgan fingerprint density at radius 1 is 0.962 bits per heavy atom. The van der Waals surface area contributed by atoms with E-state index in [4.69, 9.17) is 23.2 Å². The molecule has 0 atom stereocenters. The molecule has 0 aliphatic heterocycles. The third-order valence-electron chi connectivity index (χ3n) is 3.77. The van der Waals surface area contributed by atoms with Gasteiger partial charge in [-0.2, -0.15) is 4.98 Å². The molecule has 4 nitrogen and oxygen atoms in total. The van der Waals surface area contributed by atoms with Crippen LogP contribution in [0, 0.1) is 5.82 Å². The summed E-state index contributed by atoms with van der Waals surface area (Å²) in [6.45, 7) is 0.974. The van der Waals surface area contributed by atoms with Gasteiger partial charge in [0.1, 0.15) is 11.6 Å². The van der Waals surface area contributed by atoms with Crippen molar-refractivity contribution in [2.45, 2.75) is 13.0 Å². The lowest BCUT2D eigenvalue weighted by molar-refractivity contribution is 0.612. The molecule has 1 heterocycles. The van der Waals surface area contributed by atoms with Crippen molar-refractivity contribution < 1.29 is 4.39 Å². The van der Waals surface area contributed by atoms with Crippen LogP contribution >= 0.6 is 23.2 Å². The minimum atomic E-state index is -0.255. The molecule has 134 valence electrons. The molecule has 0 saturated heterocycles. The molecule has 0 saturated carbocycles. The maximum Gasteiger partial charge on any atom is 0.224 e. The van der Waals surface area contributed by atoms with Gasteiger partial charge in [0.15, 0.2) is 0 Å². The van der Waals surface area contributed by atoms with Crippen LogP contribution in [0.1, 0.15) is 11.1 Å². The highest BCUT2D eigenvalue weighted by Crippen LogP contribution is 2.21. The largest absolute Gasteiger partial charge is 0.370 e. The number of aromatic nitrogens is 2. The fourth-order valence-corrected chi connectivity index (χ4v) is 2.91. The van der Waals surface area contributed by atoms with Crippen molar-refractivity contribution in [2.75, 3.05) is 17.2 Å². The highest BCUT2D eigenvalue weighted by Gasteiger charge is 2.04. The number of anilines is 2. The fraction of sp³-hybridized carbons (Fsp3) is 0.158. The van der Waals surface area contributed by atoms with Crippen LogP contribution in [0.4, 0.5) is 16.2 Å². The maximum absolute atomic E-state index is 13.6. The molecule has 0 unspecified atom stereocenters. The number of halogens is 3. The highest BCUT2D eigenvalue weighted by atomic mass is 35.5. The molecule has 1 aromatic heterocycles. The molecule has 0 amide bonds. The first kappa shape index (κ1) is 18.4. The van der Waals surface area contributed by atoms with E-state index < -0.39 is 0 Å². The Hall–Kier alpha value is -2.37. The standard InChI is InChI=1S/C19H17Cl2FN4/c20-15-6-5-13(16(21)11-15)7-9-23-18-8-10-24-19(26-18)25-12-14-3-1-2-4-17(14)22/h1-6,8,10-11H,7,9,12H2,(H2,23,24,25,26). The van der Waals surface area contributed by atoms with Gasteiger partial charge in [0.2, 0.25) is 5.95 Å². The highest BCUT2D eigenvalue weighted by molar-refractivity contribution is 6.35. The van der Waals surface area contributed by atoms with Crippen LogP contribution in [-0.4, -0.2) is 16.5 Å². The lowest BCUT2D eigenvalue weighted by Gasteiger charge is -2.09. The molecule has 3 rings (SSSR count). The van der Waals surface area contributed by atoms with Crippen LogP contribution in [0.25, 0.3) is 0 Å². The summed E-state index contributed by atoms with van der Waals surface area (Å²) in [6.07, 6.45) is 2.38. The van der Waals surface area contributed by atoms with E-state index in [0.29, 0.717) is 40.5 Å². The van der Waals surface area contributed by atoms with Crippen molar-refractivity contribution in [3.05, 3.63) is 81.7 Å². The second-order valence-electron chi connectivity index (χ2n) is 5.62. The Balaban J connectivity index is 1.54. The summed E-state index contributed by atoms with van der Waals surface area (Å²) in [7, 11) is 0. The van der Waals surface area contributed by atoms with Crippen molar-refractivity contribution in [3.63, 3.8) is 0 Å².